The Balaban J connectivity index is 0.00000306. The maximum Gasteiger partial charge on any atom is 0.454 e. The van der Waals surface area contributed by atoms with Gasteiger partial charge in [0.25, 0.3) is 5.78 Å². The number of carbonyl (C=O) groups excluding carboxylic acids is 1. The summed E-state index contributed by atoms with van der Waals surface area (Å²) in [6, 6.07) is 17.9. The fourth-order valence-electron chi connectivity index (χ4n) is 3.17. The van der Waals surface area contributed by atoms with Crippen LogP contribution in [0.15, 0.2) is 78.4 Å². The molecule has 0 spiro atoms. The van der Waals surface area contributed by atoms with Gasteiger partial charge in [0.1, 0.15) is 12.4 Å². The van der Waals surface area contributed by atoms with Crippen LogP contribution in [0.3, 0.4) is 0 Å². The summed E-state index contributed by atoms with van der Waals surface area (Å²) in [5.41, 5.74) is 2.29. The number of pyridine rings is 1. The van der Waals surface area contributed by atoms with Crippen molar-refractivity contribution in [1.29, 1.82) is 0 Å². The van der Waals surface area contributed by atoms with Crippen molar-refractivity contribution in [2.24, 2.45) is 0 Å². The van der Waals surface area contributed by atoms with Crippen LogP contribution in [0.5, 0.6) is 5.75 Å². The van der Waals surface area contributed by atoms with Crippen LogP contribution in [-0.2, 0) is 6.61 Å². The molecule has 0 saturated heterocycles. The first-order valence-electron chi connectivity index (χ1n) is 9.44. The SMILES string of the molecule is Cl.O=C(c1cncc(-c2sccc2-c2cc(Cl)ccc2OCc2ccccc2)c1)C(F)(F)F. The number of nitrogens with zero attached hydrogens (tertiary/aromatic N) is 1. The van der Waals surface area contributed by atoms with Gasteiger partial charge < -0.3 is 4.74 Å². The highest BCUT2D eigenvalue weighted by atomic mass is 35.5. The molecule has 0 atom stereocenters. The normalized spacial score (nSPS) is 11.0. The molecule has 2 aromatic heterocycles. The van der Waals surface area contributed by atoms with Gasteiger partial charge in [-0.1, -0.05) is 41.9 Å². The molecule has 9 heteroatoms. The lowest BCUT2D eigenvalue weighted by Crippen LogP contribution is -2.22. The van der Waals surface area contributed by atoms with Gasteiger partial charge in [0.15, 0.2) is 0 Å². The van der Waals surface area contributed by atoms with E-state index in [9.17, 15) is 18.0 Å². The molecule has 4 aromatic rings. The molecule has 0 radical (unpaired) electrons. The molecule has 0 unspecified atom stereocenters. The van der Waals surface area contributed by atoms with E-state index in [1.54, 1.807) is 18.2 Å². The average molecular weight is 510 g/mol. The zero-order valence-corrected chi connectivity index (χ0v) is 19.2. The lowest BCUT2D eigenvalue weighted by atomic mass is 10.0. The first-order valence-corrected chi connectivity index (χ1v) is 10.7. The van der Waals surface area contributed by atoms with Crippen molar-refractivity contribution in [2.75, 3.05) is 0 Å². The highest BCUT2D eigenvalue weighted by Crippen LogP contribution is 2.42. The number of halogens is 5. The minimum atomic E-state index is -4.97. The molecule has 33 heavy (non-hydrogen) atoms. The first kappa shape index (κ1) is 24.8. The molecule has 0 saturated carbocycles. The first-order chi connectivity index (χ1) is 15.3. The maximum absolute atomic E-state index is 12.9. The van der Waals surface area contributed by atoms with Crippen LogP contribution in [0.2, 0.25) is 5.02 Å². The number of benzene rings is 2. The molecule has 3 nitrogen and oxygen atoms in total. The van der Waals surface area contributed by atoms with Crippen molar-refractivity contribution >= 4 is 41.1 Å². The van der Waals surface area contributed by atoms with Crippen LogP contribution < -0.4 is 4.74 Å². The van der Waals surface area contributed by atoms with Crippen molar-refractivity contribution in [3.8, 4) is 27.3 Å². The quantitative estimate of drug-likeness (QED) is 0.248. The number of carbonyl (C=O) groups is 1. The van der Waals surface area contributed by atoms with Crippen LogP contribution in [0, 0.1) is 0 Å². The second-order valence-corrected chi connectivity index (χ2v) is 8.22. The molecule has 0 aliphatic heterocycles. The van der Waals surface area contributed by atoms with Gasteiger partial charge in [0, 0.05) is 44.5 Å². The number of hydrogen-bond acceptors (Lipinski definition) is 4. The Morgan fingerprint density at radius 3 is 2.48 bits per heavy atom. The van der Waals surface area contributed by atoms with Crippen molar-refractivity contribution in [3.63, 3.8) is 0 Å². The summed E-state index contributed by atoms with van der Waals surface area (Å²) in [6.45, 7) is 0.339. The van der Waals surface area contributed by atoms with Crippen LogP contribution in [-0.4, -0.2) is 16.9 Å². The molecule has 0 N–H and O–H groups in total. The molecule has 0 aliphatic carbocycles. The lowest BCUT2D eigenvalue weighted by Gasteiger charge is -2.13. The highest BCUT2D eigenvalue weighted by molar-refractivity contribution is 7.14. The second-order valence-electron chi connectivity index (χ2n) is 6.87. The summed E-state index contributed by atoms with van der Waals surface area (Å²) in [4.78, 5) is 16.2. The Kier molecular flexibility index (Phi) is 7.79. The second kappa shape index (κ2) is 10.4. The van der Waals surface area contributed by atoms with Gasteiger partial charge in [0.05, 0.1) is 0 Å². The van der Waals surface area contributed by atoms with E-state index in [-0.39, 0.29) is 12.4 Å². The number of rotatable bonds is 6. The van der Waals surface area contributed by atoms with Crippen LogP contribution >= 0.6 is 35.3 Å². The Labute approximate surface area is 203 Å². The van der Waals surface area contributed by atoms with Crippen LogP contribution in [0.4, 0.5) is 13.2 Å². The van der Waals surface area contributed by atoms with E-state index in [4.69, 9.17) is 16.3 Å². The molecule has 0 aliphatic rings. The standard InChI is InChI=1S/C24H15ClF3NO2S.ClH/c25-18-6-7-21(31-14-15-4-2-1-3-5-15)20(11-18)19-8-9-32-22(19)16-10-17(13-29-12-16)23(30)24(26,27)28;/h1-13H,14H2;1H. The minimum Gasteiger partial charge on any atom is -0.488 e. The smallest absolute Gasteiger partial charge is 0.454 e. The molecule has 4 rings (SSSR count). The molecular formula is C24H16Cl2F3NO2S. The highest BCUT2D eigenvalue weighted by Gasteiger charge is 2.39. The molecule has 0 fully saturated rings. The molecule has 2 heterocycles. The van der Waals surface area contributed by atoms with Gasteiger partial charge in [-0.25, -0.2) is 0 Å². The van der Waals surface area contributed by atoms with E-state index < -0.39 is 17.5 Å². The van der Waals surface area contributed by atoms with Gasteiger partial charge in [-0.2, -0.15) is 13.2 Å². The Morgan fingerprint density at radius 1 is 1.00 bits per heavy atom. The summed E-state index contributed by atoms with van der Waals surface area (Å²) in [5.74, 6) is -1.35. The fraction of sp³-hybridized carbons (Fsp3) is 0.0833. The summed E-state index contributed by atoms with van der Waals surface area (Å²) in [7, 11) is 0. The minimum absolute atomic E-state index is 0. The van der Waals surface area contributed by atoms with Crippen molar-refractivity contribution < 1.29 is 22.7 Å². The van der Waals surface area contributed by atoms with Crippen molar-refractivity contribution in [2.45, 2.75) is 12.8 Å². The Bertz CT molecular complexity index is 1260. The molecular weight excluding hydrogens is 494 g/mol. The third-order valence-electron chi connectivity index (χ3n) is 4.65. The van der Waals surface area contributed by atoms with E-state index >= 15 is 0 Å². The predicted molar refractivity (Wildman–Crippen MR) is 126 cm³/mol. The monoisotopic (exact) mass is 509 g/mol. The third kappa shape index (κ3) is 5.74. The molecule has 170 valence electrons. The van der Waals surface area contributed by atoms with Gasteiger partial charge in [0.2, 0.25) is 0 Å². The van der Waals surface area contributed by atoms with E-state index in [2.05, 4.69) is 4.98 Å². The summed E-state index contributed by atoms with van der Waals surface area (Å²) >= 11 is 7.56. The van der Waals surface area contributed by atoms with E-state index in [1.807, 2.05) is 41.8 Å². The maximum atomic E-state index is 12.9. The van der Waals surface area contributed by atoms with Crippen molar-refractivity contribution in [1.82, 2.24) is 4.98 Å². The number of ketones is 1. The average Bonchev–Trinajstić information content (AvgIpc) is 3.28. The van der Waals surface area contributed by atoms with Gasteiger partial charge in [-0.3, -0.25) is 9.78 Å². The topological polar surface area (TPSA) is 39.2 Å². The fourth-order valence-corrected chi connectivity index (χ4v) is 4.24. The molecule has 0 amide bonds. The van der Waals surface area contributed by atoms with Gasteiger partial charge in [-0.15, -0.1) is 23.7 Å². The predicted octanol–water partition coefficient (Wildman–Crippen LogP) is 7.88. The zero-order chi connectivity index (χ0) is 22.7. The van der Waals surface area contributed by atoms with Gasteiger partial charge >= 0.3 is 6.18 Å². The van der Waals surface area contributed by atoms with E-state index in [0.29, 0.717) is 33.4 Å². The Hall–Kier alpha value is -2.87. The van der Waals surface area contributed by atoms with Crippen molar-refractivity contribution in [3.05, 3.63) is 94.6 Å². The third-order valence-corrected chi connectivity index (χ3v) is 5.85. The summed E-state index contributed by atoms with van der Waals surface area (Å²) < 4.78 is 44.6. The van der Waals surface area contributed by atoms with Crippen LogP contribution in [0.1, 0.15) is 15.9 Å². The zero-order valence-electron chi connectivity index (χ0n) is 16.8. The molecule has 2 aromatic carbocycles. The van der Waals surface area contributed by atoms with E-state index in [1.165, 1.54) is 23.6 Å². The molecule has 0 bridgehead atoms. The number of thiophene rings is 1. The number of hydrogen-bond donors (Lipinski definition) is 0. The summed E-state index contributed by atoms with van der Waals surface area (Å²) in [5, 5.41) is 2.30. The summed E-state index contributed by atoms with van der Waals surface area (Å²) in [6.07, 6.45) is -2.62. The van der Waals surface area contributed by atoms with Gasteiger partial charge in [-0.05, 0) is 41.3 Å². The number of Topliss-reactive ketones (excluding diaryl/α,β-unsaturated/α-hetero) is 1. The van der Waals surface area contributed by atoms with E-state index in [0.717, 1.165) is 17.3 Å². The largest absolute Gasteiger partial charge is 0.488 e. The Morgan fingerprint density at radius 2 is 1.76 bits per heavy atom. The number of aromatic nitrogens is 1. The lowest BCUT2D eigenvalue weighted by molar-refractivity contribution is -0.0885. The van der Waals surface area contributed by atoms with Crippen LogP contribution in [0.25, 0.3) is 21.6 Å². The number of ether oxygens (including phenoxy) is 1. The number of alkyl halides is 3.